The highest BCUT2D eigenvalue weighted by Crippen LogP contribution is 2.40. The van der Waals surface area contributed by atoms with Crippen LogP contribution in [-0.2, 0) is 16.1 Å². The van der Waals surface area contributed by atoms with Crippen LogP contribution in [0.25, 0.3) is 27.0 Å². The van der Waals surface area contributed by atoms with E-state index in [4.69, 9.17) is 15.2 Å². The summed E-state index contributed by atoms with van der Waals surface area (Å²) in [6.45, 7) is 3.16. The van der Waals surface area contributed by atoms with Crippen molar-refractivity contribution in [3.05, 3.63) is 59.5 Å². The maximum absolute atomic E-state index is 13.7. The Morgan fingerprint density at radius 3 is 2.59 bits per heavy atom. The van der Waals surface area contributed by atoms with Crippen molar-refractivity contribution in [1.82, 2.24) is 39.1 Å². The van der Waals surface area contributed by atoms with Crippen LogP contribution < -0.4 is 15.8 Å². The van der Waals surface area contributed by atoms with Crippen LogP contribution in [0.1, 0.15) is 20.0 Å². The molecule has 256 valence electrons. The summed E-state index contributed by atoms with van der Waals surface area (Å²) in [5.74, 6) is -1.67. The highest BCUT2D eigenvalue weighted by atomic mass is 32.1. The van der Waals surface area contributed by atoms with E-state index in [1.54, 1.807) is 23.2 Å². The number of carbonyl (C=O) groups is 3. The molecule has 0 spiro atoms. The van der Waals surface area contributed by atoms with Gasteiger partial charge in [-0.05, 0) is 29.7 Å². The molecule has 0 unspecified atom stereocenters. The Bertz CT molecular complexity index is 2020. The van der Waals surface area contributed by atoms with Gasteiger partial charge in [0, 0.05) is 68.1 Å². The second-order valence-corrected chi connectivity index (χ2v) is 12.7. The van der Waals surface area contributed by atoms with Gasteiger partial charge in [-0.3, -0.25) is 28.9 Å². The van der Waals surface area contributed by atoms with Crippen LogP contribution in [0.5, 0.6) is 5.75 Å². The van der Waals surface area contributed by atoms with Gasteiger partial charge in [0.05, 0.1) is 36.6 Å². The Hall–Kier alpha value is -5.04. The summed E-state index contributed by atoms with van der Waals surface area (Å²) in [7, 11) is 0. The smallest absolute Gasteiger partial charge is 0.387 e. The molecule has 4 aromatic heterocycles. The van der Waals surface area contributed by atoms with Crippen LogP contribution in [0, 0.1) is 0 Å². The zero-order chi connectivity index (χ0) is 34.1. The topological polar surface area (TPSA) is 165 Å². The molecule has 2 saturated heterocycles. The van der Waals surface area contributed by atoms with Gasteiger partial charge in [0.15, 0.2) is 5.65 Å². The number of nitrogens with two attached hydrogens (primary N) is 1. The predicted molar refractivity (Wildman–Crippen MR) is 175 cm³/mol. The van der Waals surface area contributed by atoms with Crippen molar-refractivity contribution in [3.63, 3.8) is 0 Å². The van der Waals surface area contributed by atoms with E-state index in [0.717, 1.165) is 31.1 Å². The predicted octanol–water partition coefficient (Wildman–Crippen LogP) is 2.19. The molecule has 2 fully saturated rings. The maximum Gasteiger partial charge on any atom is 0.387 e. The molecule has 15 nitrogen and oxygen atoms in total. The summed E-state index contributed by atoms with van der Waals surface area (Å²) in [6, 6.07) is 6.06. The van der Waals surface area contributed by atoms with Crippen molar-refractivity contribution in [2.75, 3.05) is 64.5 Å². The minimum atomic E-state index is -3.18. The number of benzene rings is 1. The molecular formula is C31H32F2N10O5S. The summed E-state index contributed by atoms with van der Waals surface area (Å²) in [4.78, 5) is 49.8. The van der Waals surface area contributed by atoms with E-state index >= 15 is 0 Å². The first-order valence-electron chi connectivity index (χ1n) is 15.5. The first-order valence-corrected chi connectivity index (χ1v) is 16.3. The highest BCUT2D eigenvalue weighted by Gasteiger charge is 2.26. The van der Waals surface area contributed by atoms with E-state index in [-0.39, 0.29) is 45.6 Å². The van der Waals surface area contributed by atoms with Gasteiger partial charge in [0.1, 0.15) is 23.6 Å². The molecule has 0 bridgehead atoms. The Kier molecular flexibility index (Phi) is 9.17. The van der Waals surface area contributed by atoms with Crippen LogP contribution >= 0.6 is 11.3 Å². The Balaban J connectivity index is 1.18. The number of nitrogens with zero attached hydrogens (tertiary/aromatic N) is 8. The average molecular weight is 695 g/mol. The number of hydrogen-bond acceptors (Lipinski definition) is 11. The first kappa shape index (κ1) is 32.5. The number of halogens is 2. The number of thiophene rings is 1. The van der Waals surface area contributed by atoms with E-state index in [1.165, 1.54) is 39.9 Å². The van der Waals surface area contributed by atoms with E-state index in [9.17, 15) is 23.2 Å². The minimum Gasteiger partial charge on any atom is -0.434 e. The van der Waals surface area contributed by atoms with Crippen LogP contribution in [0.4, 0.5) is 14.5 Å². The van der Waals surface area contributed by atoms with Crippen LogP contribution in [0.3, 0.4) is 0 Å². The SMILES string of the molecule is NC(=O)c1cc2cc(OC(F)F)c(-c3nn(CC(=O)N4CCN(CN5CCOCC5)CC4)cc3NC(=O)c3cnn4cccnc34)cc2s1. The summed E-state index contributed by atoms with van der Waals surface area (Å²) in [5, 5.41) is 12.0. The van der Waals surface area contributed by atoms with E-state index in [2.05, 4.69) is 30.3 Å². The number of rotatable bonds is 10. The van der Waals surface area contributed by atoms with Crippen molar-refractivity contribution in [2.45, 2.75) is 13.2 Å². The zero-order valence-corrected chi connectivity index (χ0v) is 26.9. The fourth-order valence-electron chi connectivity index (χ4n) is 5.94. The van der Waals surface area contributed by atoms with Crippen molar-refractivity contribution >= 4 is 50.5 Å². The number of alkyl halides is 2. The average Bonchev–Trinajstić information content (AvgIpc) is 3.81. The van der Waals surface area contributed by atoms with Crippen molar-refractivity contribution in [3.8, 4) is 17.0 Å². The number of hydrogen-bond donors (Lipinski definition) is 2. The molecule has 0 radical (unpaired) electrons. The summed E-state index contributed by atoms with van der Waals surface area (Å²) in [6.07, 6.45) is 5.99. The monoisotopic (exact) mass is 694 g/mol. The molecule has 0 saturated carbocycles. The number of nitrogens with one attached hydrogen (secondary N) is 1. The molecular weight excluding hydrogens is 662 g/mol. The molecule has 0 atom stereocenters. The summed E-state index contributed by atoms with van der Waals surface area (Å²) >= 11 is 1.08. The quantitative estimate of drug-likeness (QED) is 0.221. The molecule has 7 rings (SSSR count). The third kappa shape index (κ3) is 7.07. The molecule has 5 aromatic rings. The normalized spacial score (nSPS) is 16.1. The third-order valence-corrected chi connectivity index (χ3v) is 9.50. The maximum atomic E-state index is 13.7. The van der Waals surface area contributed by atoms with Gasteiger partial charge in [-0.15, -0.1) is 11.3 Å². The molecule has 3 amide bonds. The number of piperazine rings is 1. The van der Waals surface area contributed by atoms with Gasteiger partial charge in [-0.25, -0.2) is 9.50 Å². The number of ether oxygens (including phenoxy) is 2. The lowest BCUT2D eigenvalue weighted by Crippen LogP contribution is -2.53. The van der Waals surface area contributed by atoms with E-state index in [1.807, 2.05) is 0 Å². The van der Waals surface area contributed by atoms with Crippen LogP contribution in [-0.4, -0.2) is 123 Å². The van der Waals surface area contributed by atoms with Gasteiger partial charge < -0.3 is 25.4 Å². The van der Waals surface area contributed by atoms with Crippen molar-refractivity contribution in [2.24, 2.45) is 5.73 Å². The molecule has 1 aromatic carbocycles. The summed E-state index contributed by atoms with van der Waals surface area (Å²) < 4.78 is 41.0. The Morgan fingerprint density at radius 2 is 1.84 bits per heavy atom. The summed E-state index contributed by atoms with van der Waals surface area (Å²) in [5.41, 5.74) is 6.26. The fourth-order valence-corrected chi connectivity index (χ4v) is 6.87. The number of morpholine rings is 1. The van der Waals surface area contributed by atoms with Crippen LogP contribution in [0.15, 0.2) is 49.1 Å². The molecule has 2 aliphatic rings. The second kappa shape index (κ2) is 13.8. The number of primary amides is 1. The number of amides is 3. The van der Waals surface area contributed by atoms with Gasteiger partial charge >= 0.3 is 6.61 Å². The number of fused-ring (bicyclic) bond motifs is 2. The van der Waals surface area contributed by atoms with Crippen molar-refractivity contribution < 1.29 is 32.6 Å². The lowest BCUT2D eigenvalue weighted by Gasteiger charge is -2.38. The van der Waals surface area contributed by atoms with E-state index < -0.39 is 18.4 Å². The second-order valence-electron chi connectivity index (χ2n) is 11.6. The Labute approximate surface area is 281 Å². The Morgan fingerprint density at radius 1 is 1.06 bits per heavy atom. The zero-order valence-electron chi connectivity index (χ0n) is 26.1. The van der Waals surface area contributed by atoms with Crippen LogP contribution in [0.2, 0.25) is 0 Å². The lowest BCUT2D eigenvalue weighted by atomic mass is 10.1. The first-order chi connectivity index (χ1) is 23.7. The van der Waals surface area contributed by atoms with Gasteiger partial charge in [-0.1, -0.05) is 0 Å². The molecule has 49 heavy (non-hydrogen) atoms. The lowest BCUT2D eigenvalue weighted by molar-refractivity contribution is -0.134. The van der Waals surface area contributed by atoms with Gasteiger partial charge in [-0.2, -0.15) is 19.0 Å². The molecule has 18 heteroatoms. The molecule has 0 aliphatic carbocycles. The molecule has 3 N–H and O–H groups in total. The number of carbonyl (C=O) groups excluding carboxylic acids is 3. The number of anilines is 1. The molecule has 2 aliphatic heterocycles. The standard InChI is InChI=1S/C31H32F2N10O5S/c32-31(33)48-23-12-19-13-25(28(34)45)49-24(19)14-20(23)27-22(37-30(46)21-15-36-43-3-1-2-35-29(21)43)16-42(38-27)17-26(44)41-6-4-39(5-7-41)18-40-8-10-47-11-9-40/h1-3,12-16,31H,4-11,17-18H2,(H2,34,45)(H,37,46). The van der Waals surface area contributed by atoms with Gasteiger partial charge in [0.25, 0.3) is 11.8 Å². The largest absolute Gasteiger partial charge is 0.434 e. The van der Waals surface area contributed by atoms with E-state index in [0.29, 0.717) is 55.1 Å². The van der Waals surface area contributed by atoms with Crippen molar-refractivity contribution in [1.29, 1.82) is 0 Å². The molecule has 6 heterocycles. The minimum absolute atomic E-state index is 0.0764. The van der Waals surface area contributed by atoms with Gasteiger partial charge in [0.2, 0.25) is 5.91 Å². The fraction of sp³-hybridized carbons (Fsp3) is 0.355. The highest BCUT2D eigenvalue weighted by molar-refractivity contribution is 7.20. The number of aromatic nitrogens is 5. The third-order valence-electron chi connectivity index (χ3n) is 8.39.